The summed E-state index contributed by atoms with van der Waals surface area (Å²) in [5.74, 6) is -0.306. The van der Waals surface area contributed by atoms with Gasteiger partial charge in [-0.3, -0.25) is 9.59 Å². The van der Waals surface area contributed by atoms with Crippen LogP contribution in [0.1, 0.15) is 65.8 Å². The molecule has 4 unspecified atom stereocenters. The van der Waals surface area contributed by atoms with Gasteiger partial charge in [0.25, 0.3) is 0 Å². The van der Waals surface area contributed by atoms with E-state index < -0.39 is 12.3 Å². The van der Waals surface area contributed by atoms with E-state index in [-0.39, 0.29) is 43.5 Å². The van der Waals surface area contributed by atoms with Crippen LogP contribution in [0.3, 0.4) is 0 Å². The minimum absolute atomic E-state index is 0.0116. The maximum absolute atomic E-state index is 12.3. The third kappa shape index (κ3) is 8.77. The van der Waals surface area contributed by atoms with E-state index in [0.717, 1.165) is 42.7 Å². The zero-order valence-electron chi connectivity index (χ0n) is 25.2. The van der Waals surface area contributed by atoms with E-state index in [1.807, 2.05) is 79.7 Å². The molecule has 1 aliphatic heterocycles. The van der Waals surface area contributed by atoms with E-state index in [1.54, 1.807) is 23.1 Å². The molecule has 0 bridgehead atoms. The number of aliphatic carboxylic acids is 1. The lowest BCUT2D eigenvalue weighted by molar-refractivity contribution is -0.268. The van der Waals surface area contributed by atoms with Gasteiger partial charge in [-0.25, -0.2) is 0 Å². The van der Waals surface area contributed by atoms with Crippen LogP contribution in [0.5, 0.6) is 0 Å². The van der Waals surface area contributed by atoms with Crippen LogP contribution in [-0.4, -0.2) is 44.1 Å². The van der Waals surface area contributed by atoms with Crippen molar-refractivity contribution < 1.29 is 29.3 Å². The summed E-state index contributed by atoms with van der Waals surface area (Å²) < 4.78 is 14.1. The number of aryl methyl sites for hydroxylation is 1. The molecule has 1 saturated heterocycles. The minimum atomic E-state index is -0.903. The van der Waals surface area contributed by atoms with E-state index in [0.29, 0.717) is 18.7 Å². The highest BCUT2D eigenvalue weighted by molar-refractivity contribution is 8.01. The van der Waals surface area contributed by atoms with Gasteiger partial charge in [0.1, 0.15) is 5.01 Å². The molecule has 45 heavy (non-hydrogen) atoms. The number of benzene rings is 3. The van der Waals surface area contributed by atoms with E-state index in [4.69, 9.17) is 14.6 Å². The van der Waals surface area contributed by atoms with Crippen molar-refractivity contribution in [1.82, 2.24) is 15.5 Å². The fourth-order valence-electron chi connectivity index (χ4n) is 5.26. The predicted octanol–water partition coefficient (Wildman–Crippen LogP) is 6.46. The Morgan fingerprint density at radius 3 is 2.38 bits per heavy atom. The Balaban J connectivity index is 1.32. The molecule has 4 aromatic rings. The molecule has 0 radical (unpaired) electrons. The summed E-state index contributed by atoms with van der Waals surface area (Å²) in [5.41, 5.74) is 5.73. The fraction of sp³-hybridized carbons (Fsp3) is 0.353. The van der Waals surface area contributed by atoms with Crippen LogP contribution in [0.25, 0.3) is 11.1 Å². The van der Waals surface area contributed by atoms with E-state index in [1.165, 1.54) is 0 Å². The van der Waals surface area contributed by atoms with Gasteiger partial charge in [0.2, 0.25) is 5.91 Å². The van der Waals surface area contributed by atoms with Gasteiger partial charge in [-0.05, 0) is 41.2 Å². The van der Waals surface area contributed by atoms with Crippen LogP contribution >= 0.6 is 23.1 Å². The van der Waals surface area contributed by atoms with Crippen molar-refractivity contribution in [2.75, 3.05) is 5.75 Å². The molecular formula is C34H37N3O6S2. The first-order valence-corrected chi connectivity index (χ1v) is 16.7. The summed E-state index contributed by atoms with van der Waals surface area (Å²) in [6.45, 7) is 4.42. The number of carboxylic acids is 1. The fourth-order valence-corrected chi connectivity index (χ4v) is 7.26. The molecule has 1 amide bonds. The number of aromatic nitrogens is 2. The van der Waals surface area contributed by atoms with Crippen LogP contribution in [0.2, 0.25) is 0 Å². The van der Waals surface area contributed by atoms with Crippen LogP contribution < -0.4 is 5.32 Å². The molecule has 3 aromatic carbocycles. The third-order valence-corrected chi connectivity index (χ3v) is 9.84. The highest BCUT2D eigenvalue weighted by Gasteiger charge is 2.38. The summed E-state index contributed by atoms with van der Waals surface area (Å²) in [5, 5.41) is 30.6. The van der Waals surface area contributed by atoms with Crippen LogP contribution in [-0.2, 0) is 32.2 Å². The largest absolute Gasteiger partial charge is 0.481 e. The molecule has 1 aromatic heterocycles. The lowest BCUT2D eigenvalue weighted by Gasteiger charge is -2.41. The molecule has 11 heteroatoms. The Hall–Kier alpha value is -3.61. The summed E-state index contributed by atoms with van der Waals surface area (Å²) in [4.78, 5) is 23.0. The molecule has 9 nitrogen and oxygen atoms in total. The zero-order chi connectivity index (χ0) is 31.8. The first kappa shape index (κ1) is 32.8. The molecular weight excluding hydrogens is 611 g/mol. The maximum Gasteiger partial charge on any atom is 0.303 e. The molecule has 236 valence electrons. The summed E-state index contributed by atoms with van der Waals surface area (Å²) in [6, 6.07) is 23.9. The number of nitrogens with one attached hydrogen (secondary N) is 1. The molecule has 0 saturated carbocycles. The summed E-state index contributed by atoms with van der Waals surface area (Å²) in [7, 11) is 0. The quantitative estimate of drug-likeness (QED) is 0.140. The number of carbonyl (C=O) groups is 2. The SMILES string of the molecule is Cc1nnc(SCC2OC(c3ccc(-c4ccccc4CNC(=O)CCCC(=O)O)cc3)OC(c3ccc(CO)cc3)C2C)s1. The van der Waals surface area contributed by atoms with Gasteiger partial charge in [0.15, 0.2) is 10.6 Å². The predicted molar refractivity (Wildman–Crippen MR) is 174 cm³/mol. The van der Waals surface area contributed by atoms with Crippen molar-refractivity contribution in [1.29, 1.82) is 0 Å². The van der Waals surface area contributed by atoms with Gasteiger partial charge in [-0.2, -0.15) is 0 Å². The lowest BCUT2D eigenvalue weighted by Crippen LogP contribution is -2.38. The second kappa shape index (κ2) is 15.6. The first-order chi connectivity index (χ1) is 21.8. The van der Waals surface area contributed by atoms with Crippen molar-refractivity contribution in [3.63, 3.8) is 0 Å². The van der Waals surface area contributed by atoms with E-state index in [9.17, 15) is 14.7 Å². The molecule has 0 aliphatic carbocycles. The third-order valence-electron chi connectivity index (χ3n) is 7.78. The number of aliphatic hydroxyl groups excluding tert-OH is 1. The molecule has 5 rings (SSSR count). The molecule has 3 N–H and O–H groups in total. The summed E-state index contributed by atoms with van der Waals surface area (Å²) >= 11 is 3.21. The van der Waals surface area contributed by atoms with Crippen LogP contribution in [0.15, 0.2) is 77.1 Å². The topological polar surface area (TPSA) is 131 Å². The standard InChI is InChI=1S/C34H37N3O6S2/c1-21-29(20-44-34-37-36-22(2)45-34)42-33(43-32(21)25-12-10-23(19-38)11-13-25)26-16-14-24(15-17-26)28-7-4-3-6-27(28)18-35-30(39)8-5-9-31(40)41/h3-4,6-7,10-17,21,29,32-33,38H,5,8-9,18-20H2,1-2H3,(H,35,39)(H,40,41). The Labute approximate surface area is 271 Å². The summed E-state index contributed by atoms with van der Waals surface area (Å²) in [6.07, 6.45) is -0.444. The Kier molecular flexibility index (Phi) is 11.4. The van der Waals surface area contributed by atoms with Gasteiger partial charge in [0.05, 0.1) is 18.8 Å². The van der Waals surface area contributed by atoms with E-state index >= 15 is 0 Å². The number of thioether (sulfide) groups is 1. The van der Waals surface area contributed by atoms with Crippen molar-refractivity contribution in [2.24, 2.45) is 5.92 Å². The number of hydrogen-bond acceptors (Lipinski definition) is 9. The molecule has 1 fully saturated rings. The van der Waals surface area contributed by atoms with Gasteiger partial charge in [0, 0.05) is 36.6 Å². The highest BCUT2D eigenvalue weighted by Crippen LogP contribution is 2.43. The number of ether oxygens (including phenoxy) is 2. The maximum atomic E-state index is 12.3. The van der Waals surface area contributed by atoms with Gasteiger partial charge in [-0.1, -0.05) is 103 Å². The lowest BCUT2D eigenvalue weighted by atomic mass is 9.91. The van der Waals surface area contributed by atoms with Crippen molar-refractivity contribution in [3.05, 3.63) is 100 Å². The van der Waals surface area contributed by atoms with Gasteiger partial charge in [-0.15, -0.1) is 10.2 Å². The van der Waals surface area contributed by atoms with Gasteiger partial charge >= 0.3 is 5.97 Å². The minimum Gasteiger partial charge on any atom is -0.481 e. The number of hydrogen-bond donors (Lipinski definition) is 3. The van der Waals surface area contributed by atoms with Gasteiger partial charge < -0.3 is 25.0 Å². The average molecular weight is 648 g/mol. The molecule has 4 atom stereocenters. The Morgan fingerprint density at radius 2 is 1.69 bits per heavy atom. The number of carboxylic acid groups (broad SMARTS) is 1. The second-order valence-corrected chi connectivity index (χ2v) is 13.5. The molecule has 0 spiro atoms. The van der Waals surface area contributed by atoms with E-state index in [2.05, 4.69) is 22.4 Å². The van der Waals surface area contributed by atoms with Crippen molar-refractivity contribution >= 4 is 35.0 Å². The first-order valence-electron chi connectivity index (χ1n) is 14.9. The number of aliphatic hydroxyl groups is 1. The Morgan fingerprint density at radius 1 is 0.956 bits per heavy atom. The number of rotatable bonds is 13. The second-order valence-electron chi connectivity index (χ2n) is 11.0. The van der Waals surface area contributed by atoms with Crippen LogP contribution in [0, 0.1) is 12.8 Å². The number of nitrogens with zero attached hydrogens (tertiary/aromatic N) is 2. The average Bonchev–Trinajstić information content (AvgIpc) is 3.48. The molecule has 1 aliphatic rings. The number of carbonyl (C=O) groups excluding carboxylic acids is 1. The van der Waals surface area contributed by atoms with Crippen molar-refractivity contribution in [3.8, 4) is 11.1 Å². The zero-order valence-corrected chi connectivity index (χ0v) is 26.9. The molecule has 2 heterocycles. The van der Waals surface area contributed by atoms with Crippen molar-refractivity contribution in [2.45, 2.75) is 69.1 Å². The number of amides is 1. The van der Waals surface area contributed by atoms with Crippen LogP contribution in [0.4, 0.5) is 0 Å². The highest BCUT2D eigenvalue weighted by atomic mass is 32.2. The Bertz CT molecular complexity index is 1580. The smallest absolute Gasteiger partial charge is 0.303 e. The monoisotopic (exact) mass is 647 g/mol. The normalized spacial score (nSPS) is 19.7.